The van der Waals surface area contributed by atoms with E-state index in [2.05, 4.69) is 30.4 Å². The van der Waals surface area contributed by atoms with E-state index in [-0.39, 0.29) is 17.7 Å². The minimum Gasteiger partial charge on any atom is -0.342 e. The molecule has 0 aromatic heterocycles. The first kappa shape index (κ1) is 18.2. The number of likely N-dealkylation sites (tertiary alicyclic amines) is 1. The highest BCUT2D eigenvalue weighted by Gasteiger charge is 2.27. The maximum Gasteiger partial charge on any atom is 0.229 e. The Hall–Kier alpha value is -2.62. The van der Waals surface area contributed by atoms with Gasteiger partial charge in [-0.05, 0) is 43.0 Å². The van der Waals surface area contributed by atoms with E-state index in [9.17, 15) is 9.59 Å². The van der Waals surface area contributed by atoms with Crippen molar-refractivity contribution >= 4 is 17.5 Å². The highest BCUT2D eigenvalue weighted by molar-refractivity contribution is 5.93. The third-order valence-electron chi connectivity index (χ3n) is 4.93. The Bertz CT molecular complexity index is 800. The lowest BCUT2D eigenvalue weighted by molar-refractivity contribution is -0.134. The number of amides is 2. The summed E-state index contributed by atoms with van der Waals surface area (Å²) in [7, 11) is 0. The molecule has 2 aromatic carbocycles. The van der Waals surface area contributed by atoms with E-state index in [4.69, 9.17) is 0 Å². The summed E-state index contributed by atoms with van der Waals surface area (Å²) in [4.78, 5) is 26.4. The average molecular weight is 350 g/mol. The zero-order chi connectivity index (χ0) is 18.5. The second-order valence-corrected chi connectivity index (χ2v) is 6.97. The molecule has 2 amide bonds. The van der Waals surface area contributed by atoms with Crippen LogP contribution in [-0.2, 0) is 9.59 Å². The summed E-state index contributed by atoms with van der Waals surface area (Å²) in [6.45, 7) is 5.22. The fourth-order valence-electron chi connectivity index (χ4n) is 3.49. The van der Waals surface area contributed by atoms with Gasteiger partial charge in [0.2, 0.25) is 11.8 Å². The van der Waals surface area contributed by atoms with E-state index in [0.717, 1.165) is 36.2 Å². The van der Waals surface area contributed by atoms with Crippen LogP contribution in [0.15, 0.2) is 48.5 Å². The van der Waals surface area contributed by atoms with Crippen molar-refractivity contribution in [2.45, 2.75) is 33.1 Å². The fraction of sp³-hybridized carbons (Fsp3) is 0.364. The van der Waals surface area contributed by atoms with Crippen molar-refractivity contribution < 1.29 is 9.59 Å². The van der Waals surface area contributed by atoms with Crippen LogP contribution in [0.4, 0.5) is 5.69 Å². The lowest BCUT2D eigenvalue weighted by Gasteiger charge is -2.32. The van der Waals surface area contributed by atoms with Crippen LogP contribution in [-0.4, -0.2) is 29.8 Å². The Balaban J connectivity index is 1.70. The van der Waals surface area contributed by atoms with Gasteiger partial charge in [0.15, 0.2) is 0 Å². The minimum absolute atomic E-state index is 0.00000436. The molecule has 1 fully saturated rings. The Morgan fingerprint density at radius 1 is 1.12 bits per heavy atom. The van der Waals surface area contributed by atoms with Crippen molar-refractivity contribution in [2.24, 2.45) is 5.92 Å². The van der Waals surface area contributed by atoms with Crippen LogP contribution in [0.5, 0.6) is 0 Å². The van der Waals surface area contributed by atoms with E-state index in [1.54, 1.807) is 0 Å². The van der Waals surface area contributed by atoms with Crippen molar-refractivity contribution in [1.29, 1.82) is 0 Å². The molecule has 0 radical (unpaired) electrons. The van der Waals surface area contributed by atoms with Crippen LogP contribution < -0.4 is 5.32 Å². The van der Waals surface area contributed by atoms with Crippen LogP contribution in [0.25, 0.3) is 11.1 Å². The van der Waals surface area contributed by atoms with Crippen molar-refractivity contribution in [2.75, 3.05) is 18.4 Å². The normalized spacial score (nSPS) is 17.0. The van der Waals surface area contributed by atoms with Gasteiger partial charge >= 0.3 is 0 Å². The lowest BCUT2D eigenvalue weighted by Crippen LogP contribution is -2.43. The SMILES string of the molecule is CCC(=O)N1CCCC(C(=O)Nc2cccc(-c3cccc(C)c3)c2)C1. The van der Waals surface area contributed by atoms with E-state index in [1.165, 1.54) is 5.56 Å². The lowest BCUT2D eigenvalue weighted by atomic mass is 9.96. The molecule has 0 bridgehead atoms. The highest BCUT2D eigenvalue weighted by atomic mass is 16.2. The molecule has 4 heteroatoms. The van der Waals surface area contributed by atoms with E-state index >= 15 is 0 Å². The van der Waals surface area contributed by atoms with Crippen molar-refractivity contribution in [3.05, 3.63) is 54.1 Å². The molecule has 26 heavy (non-hydrogen) atoms. The largest absolute Gasteiger partial charge is 0.342 e. The van der Waals surface area contributed by atoms with Crippen molar-refractivity contribution in [3.63, 3.8) is 0 Å². The maximum atomic E-state index is 12.7. The summed E-state index contributed by atoms with van der Waals surface area (Å²) >= 11 is 0. The standard InChI is InChI=1S/C22H26N2O2/c1-3-21(25)24-12-6-10-19(15-24)22(26)23-20-11-5-9-18(14-20)17-8-4-7-16(2)13-17/h4-5,7-9,11,13-14,19H,3,6,10,12,15H2,1-2H3,(H,23,26). The molecule has 1 heterocycles. The van der Waals surface area contributed by atoms with Gasteiger partial charge in [0.05, 0.1) is 5.92 Å². The van der Waals surface area contributed by atoms with Crippen LogP contribution in [0, 0.1) is 12.8 Å². The summed E-state index contributed by atoms with van der Waals surface area (Å²) in [5, 5.41) is 3.04. The van der Waals surface area contributed by atoms with Gasteiger partial charge in [0.25, 0.3) is 0 Å². The number of hydrogen-bond acceptors (Lipinski definition) is 2. The molecule has 0 spiro atoms. The zero-order valence-electron chi connectivity index (χ0n) is 15.5. The molecule has 3 rings (SSSR count). The summed E-state index contributed by atoms with van der Waals surface area (Å²) in [5.74, 6) is -0.00850. The number of carbonyl (C=O) groups is 2. The van der Waals surface area contributed by atoms with Gasteiger partial charge in [-0.2, -0.15) is 0 Å². The smallest absolute Gasteiger partial charge is 0.229 e. The fourth-order valence-corrected chi connectivity index (χ4v) is 3.49. The number of anilines is 1. The number of rotatable bonds is 4. The second-order valence-electron chi connectivity index (χ2n) is 6.97. The summed E-state index contributed by atoms with van der Waals surface area (Å²) in [6, 6.07) is 16.2. The molecule has 0 saturated carbocycles. The number of nitrogens with one attached hydrogen (secondary N) is 1. The van der Waals surface area contributed by atoms with Crippen LogP contribution >= 0.6 is 0 Å². The van der Waals surface area contributed by atoms with Gasteiger partial charge in [0, 0.05) is 25.2 Å². The number of piperidine rings is 1. The Labute approximate surface area is 155 Å². The van der Waals surface area contributed by atoms with Crippen molar-refractivity contribution in [3.8, 4) is 11.1 Å². The molecule has 0 aliphatic carbocycles. The summed E-state index contributed by atoms with van der Waals surface area (Å²) in [5.41, 5.74) is 4.23. The number of carbonyl (C=O) groups excluding carboxylic acids is 2. The van der Waals surface area contributed by atoms with Crippen LogP contribution in [0.1, 0.15) is 31.7 Å². The molecule has 1 N–H and O–H groups in total. The van der Waals surface area contributed by atoms with Crippen LogP contribution in [0.2, 0.25) is 0 Å². The number of hydrogen-bond donors (Lipinski definition) is 1. The second kappa shape index (κ2) is 8.17. The third kappa shape index (κ3) is 4.31. The molecular weight excluding hydrogens is 324 g/mol. The van der Waals surface area contributed by atoms with Crippen molar-refractivity contribution in [1.82, 2.24) is 4.90 Å². The van der Waals surface area contributed by atoms with Gasteiger partial charge in [-0.25, -0.2) is 0 Å². The predicted molar refractivity (Wildman–Crippen MR) is 105 cm³/mol. The molecule has 1 unspecified atom stereocenters. The monoisotopic (exact) mass is 350 g/mol. The number of nitrogens with zero attached hydrogens (tertiary/aromatic N) is 1. The Morgan fingerprint density at radius 2 is 1.85 bits per heavy atom. The van der Waals surface area contributed by atoms with E-state index in [1.807, 2.05) is 42.2 Å². The molecule has 136 valence electrons. The molecule has 2 aromatic rings. The first-order chi connectivity index (χ1) is 12.6. The van der Waals surface area contributed by atoms with Gasteiger partial charge in [-0.3, -0.25) is 9.59 Å². The minimum atomic E-state index is -0.137. The average Bonchev–Trinajstić information content (AvgIpc) is 2.67. The maximum absolute atomic E-state index is 12.7. The first-order valence-corrected chi connectivity index (χ1v) is 9.32. The van der Waals surface area contributed by atoms with Gasteiger partial charge in [0.1, 0.15) is 0 Å². The Kier molecular flexibility index (Phi) is 5.71. The van der Waals surface area contributed by atoms with Gasteiger partial charge in [-0.1, -0.05) is 48.9 Å². The predicted octanol–water partition coefficient (Wildman–Crippen LogP) is 4.25. The van der Waals surface area contributed by atoms with Gasteiger partial charge in [-0.15, -0.1) is 0 Å². The Morgan fingerprint density at radius 3 is 2.58 bits per heavy atom. The number of benzene rings is 2. The quantitative estimate of drug-likeness (QED) is 0.896. The zero-order valence-corrected chi connectivity index (χ0v) is 15.5. The van der Waals surface area contributed by atoms with Crippen LogP contribution in [0.3, 0.4) is 0 Å². The molecule has 1 atom stereocenters. The molecule has 4 nitrogen and oxygen atoms in total. The topological polar surface area (TPSA) is 49.4 Å². The summed E-state index contributed by atoms with van der Waals surface area (Å²) in [6.07, 6.45) is 2.21. The highest BCUT2D eigenvalue weighted by Crippen LogP contribution is 2.25. The molecule has 1 aliphatic heterocycles. The third-order valence-corrected chi connectivity index (χ3v) is 4.93. The summed E-state index contributed by atoms with van der Waals surface area (Å²) < 4.78 is 0. The molecule has 1 saturated heterocycles. The van der Waals surface area contributed by atoms with E-state index in [0.29, 0.717) is 13.0 Å². The molecule has 1 aliphatic rings. The molecular formula is C22H26N2O2. The van der Waals surface area contributed by atoms with E-state index < -0.39 is 0 Å². The first-order valence-electron chi connectivity index (χ1n) is 9.32. The van der Waals surface area contributed by atoms with Gasteiger partial charge < -0.3 is 10.2 Å². The number of aryl methyl sites for hydroxylation is 1.